The summed E-state index contributed by atoms with van der Waals surface area (Å²) in [5.74, 6) is -0.354. The van der Waals surface area contributed by atoms with Crippen molar-refractivity contribution < 1.29 is 19.7 Å². The monoisotopic (exact) mass is 470 g/mol. The summed E-state index contributed by atoms with van der Waals surface area (Å²) in [4.78, 5) is 12.8. The number of aliphatic hydroxyl groups is 1. The van der Waals surface area contributed by atoms with Crippen molar-refractivity contribution in [3.63, 3.8) is 0 Å². The van der Waals surface area contributed by atoms with E-state index in [4.69, 9.17) is 4.74 Å². The van der Waals surface area contributed by atoms with E-state index in [0.717, 1.165) is 57.8 Å². The maximum absolute atomic E-state index is 12.8. The predicted octanol–water partition coefficient (Wildman–Crippen LogP) is 6.57. The summed E-state index contributed by atoms with van der Waals surface area (Å²) < 4.78 is 6.32. The van der Waals surface area contributed by atoms with Crippen molar-refractivity contribution in [2.75, 3.05) is 6.61 Å². The molecule has 0 amide bonds. The molecule has 2 N–H and O–H groups in total. The number of carboxylic acids is 1. The normalized spacial score (nSPS) is 54.7. The van der Waals surface area contributed by atoms with Gasteiger partial charge in [0.2, 0.25) is 0 Å². The Morgan fingerprint density at radius 1 is 0.941 bits per heavy atom. The second-order valence-corrected chi connectivity index (χ2v) is 15.2. The van der Waals surface area contributed by atoms with Crippen molar-refractivity contribution in [1.29, 1.82) is 0 Å². The van der Waals surface area contributed by atoms with Gasteiger partial charge in [0.25, 0.3) is 0 Å². The van der Waals surface area contributed by atoms with Crippen LogP contribution in [0.1, 0.15) is 106 Å². The second kappa shape index (κ2) is 6.52. The zero-order chi connectivity index (χ0) is 24.6. The molecule has 2 saturated heterocycles. The van der Waals surface area contributed by atoms with Crippen molar-refractivity contribution in [3.8, 4) is 0 Å². The third-order valence-electron chi connectivity index (χ3n) is 13.5. The van der Waals surface area contributed by atoms with Gasteiger partial charge in [0.15, 0.2) is 5.79 Å². The average Bonchev–Trinajstić information content (AvgIpc) is 2.75. The van der Waals surface area contributed by atoms with Crippen LogP contribution in [-0.4, -0.2) is 28.6 Å². The molecule has 2 aliphatic heterocycles. The first kappa shape index (κ1) is 23.5. The van der Waals surface area contributed by atoms with Gasteiger partial charge in [-0.1, -0.05) is 53.2 Å². The van der Waals surface area contributed by atoms with Gasteiger partial charge >= 0.3 is 5.97 Å². The lowest BCUT2D eigenvalue weighted by molar-refractivity contribution is -0.395. The molecule has 8 atom stereocenters. The van der Waals surface area contributed by atoms with E-state index in [-0.39, 0.29) is 33.0 Å². The van der Waals surface area contributed by atoms with Crippen molar-refractivity contribution in [2.24, 2.45) is 50.2 Å². The molecular formula is C30H46O4. The number of allylic oxidation sites excluding steroid dienone is 2. The Kier molecular flexibility index (Phi) is 4.51. The Morgan fingerprint density at radius 3 is 2.29 bits per heavy atom. The number of fused-ring (bicyclic) bond motifs is 7. The summed E-state index contributed by atoms with van der Waals surface area (Å²) in [6.45, 7) is 14.9. The summed E-state index contributed by atoms with van der Waals surface area (Å²) in [5, 5.41) is 21.9. The molecule has 2 heterocycles. The topological polar surface area (TPSA) is 66.8 Å². The van der Waals surface area contributed by atoms with E-state index >= 15 is 0 Å². The zero-order valence-corrected chi connectivity index (χ0v) is 22.3. The van der Waals surface area contributed by atoms with Crippen LogP contribution in [0.5, 0.6) is 0 Å². The predicted molar refractivity (Wildman–Crippen MR) is 132 cm³/mol. The van der Waals surface area contributed by atoms with Crippen LogP contribution in [0.4, 0.5) is 0 Å². The largest absolute Gasteiger partial charge is 0.481 e. The van der Waals surface area contributed by atoms with E-state index in [0.29, 0.717) is 18.4 Å². The van der Waals surface area contributed by atoms with Crippen LogP contribution in [0.3, 0.4) is 0 Å². The van der Waals surface area contributed by atoms with Crippen LogP contribution in [0.25, 0.3) is 0 Å². The number of hydrogen-bond acceptors (Lipinski definition) is 3. The minimum absolute atomic E-state index is 0.0437. The number of carboxylic acid groups (broad SMARTS) is 1. The van der Waals surface area contributed by atoms with E-state index in [1.165, 1.54) is 12.0 Å². The van der Waals surface area contributed by atoms with Crippen molar-refractivity contribution in [3.05, 3.63) is 11.6 Å². The third kappa shape index (κ3) is 2.46. The summed E-state index contributed by atoms with van der Waals surface area (Å²) in [6, 6.07) is 0. The van der Waals surface area contributed by atoms with Crippen molar-refractivity contribution in [2.45, 2.75) is 112 Å². The van der Waals surface area contributed by atoms with Gasteiger partial charge in [-0.25, -0.2) is 0 Å². The van der Waals surface area contributed by atoms with Crippen LogP contribution < -0.4 is 0 Å². The Morgan fingerprint density at radius 2 is 1.65 bits per heavy atom. The molecule has 4 nitrogen and oxygen atoms in total. The summed E-state index contributed by atoms with van der Waals surface area (Å²) in [5.41, 5.74) is 1.20. The van der Waals surface area contributed by atoms with Gasteiger partial charge < -0.3 is 14.9 Å². The fourth-order valence-electron chi connectivity index (χ4n) is 11.0. The number of hydrogen-bond donors (Lipinski definition) is 2. The summed E-state index contributed by atoms with van der Waals surface area (Å²) >= 11 is 0. The average molecular weight is 471 g/mol. The molecule has 34 heavy (non-hydrogen) atoms. The number of ether oxygens (including phenoxy) is 1. The fourth-order valence-corrected chi connectivity index (χ4v) is 11.0. The fraction of sp³-hybridized carbons (Fsp3) is 0.900. The standard InChI is InChI=1S/C30H46O4/c1-24(2)11-13-28(23(31)32)14-12-26(5)19(20(28)17-24)7-8-22-27(26,6)10-9-21-25(3,4)30(33)16-15-29(21,22)18-34-30/h7,20-22,33H,8-18H2,1-6H3,(H,31,32)/t20-,21-,22-,26+,27+,28-,29+,30+/m0/s1. The van der Waals surface area contributed by atoms with Crippen LogP contribution in [0.15, 0.2) is 11.6 Å². The SMILES string of the molecule is CC1(C)CC[C@]2(C(=O)O)CC[C@]3(C)C(=CC[C@@H]4[C@]56CC[C@@](O)(OC5)C(C)(C)[C@@H]6CC[C@]43C)[C@@H]2C1. The Balaban J connectivity index is 1.46. The lowest BCUT2D eigenvalue weighted by atomic mass is 9.32. The number of rotatable bonds is 1. The van der Waals surface area contributed by atoms with Gasteiger partial charge in [-0.15, -0.1) is 0 Å². The number of aliphatic carboxylic acids is 1. The molecule has 0 aromatic heterocycles. The molecule has 1 spiro atoms. The lowest BCUT2D eigenvalue weighted by Crippen LogP contribution is -2.73. The maximum Gasteiger partial charge on any atom is 0.310 e. The minimum atomic E-state index is -0.980. The lowest BCUT2D eigenvalue weighted by Gasteiger charge is -2.74. The zero-order valence-electron chi connectivity index (χ0n) is 22.3. The van der Waals surface area contributed by atoms with Crippen molar-refractivity contribution >= 4 is 5.97 Å². The molecule has 0 radical (unpaired) electrons. The van der Waals surface area contributed by atoms with Gasteiger partial charge in [0.1, 0.15) is 0 Å². The molecule has 0 unspecified atom stereocenters. The Bertz CT molecular complexity index is 953. The van der Waals surface area contributed by atoms with E-state index in [2.05, 4.69) is 47.6 Å². The second-order valence-electron chi connectivity index (χ2n) is 15.2. The van der Waals surface area contributed by atoms with Gasteiger partial charge in [-0.3, -0.25) is 4.79 Å². The highest BCUT2D eigenvalue weighted by atomic mass is 16.6. The highest BCUT2D eigenvalue weighted by Crippen LogP contribution is 2.77. The molecular weight excluding hydrogens is 424 g/mol. The Labute approximate surface area is 205 Å². The van der Waals surface area contributed by atoms with Crippen molar-refractivity contribution in [1.82, 2.24) is 0 Å². The molecule has 190 valence electrons. The van der Waals surface area contributed by atoms with Crippen LogP contribution >= 0.6 is 0 Å². The van der Waals surface area contributed by atoms with E-state index in [1.807, 2.05) is 0 Å². The van der Waals surface area contributed by atoms with E-state index < -0.39 is 17.2 Å². The first-order valence-electron chi connectivity index (χ1n) is 14.0. The smallest absolute Gasteiger partial charge is 0.310 e. The quantitative estimate of drug-likeness (QED) is 0.425. The van der Waals surface area contributed by atoms with Gasteiger partial charge in [0.05, 0.1) is 12.0 Å². The highest BCUT2D eigenvalue weighted by Gasteiger charge is 2.74. The molecule has 7 rings (SSSR count). The highest BCUT2D eigenvalue weighted by molar-refractivity contribution is 5.76. The van der Waals surface area contributed by atoms with E-state index in [1.54, 1.807) is 0 Å². The van der Waals surface area contributed by atoms with Gasteiger partial charge in [0, 0.05) is 17.3 Å². The number of carbonyl (C=O) groups is 1. The van der Waals surface area contributed by atoms with Gasteiger partial charge in [-0.05, 0) is 91.8 Å². The van der Waals surface area contributed by atoms with Crippen LogP contribution in [0, 0.1) is 50.2 Å². The van der Waals surface area contributed by atoms with Gasteiger partial charge in [-0.2, -0.15) is 0 Å². The Hall–Kier alpha value is -0.870. The van der Waals surface area contributed by atoms with E-state index in [9.17, 15) is 15.0 Å². The maximum atomic E-state index is 12.8. The molecule has 0 aromatic carbocycles. The first-order valence-corrected chi connectivity index (χ1v) is 14.0. The molecule has 6 fully saturated rings. The molecule has 5 aliphatic carbocycles. The molecule has 0 aromatic rings. The first-order chi connectivity index (χ1) is 15.7. The molecule has 4 heteroatoms. The van der Waals surface area contributed by atoms with Crippen LogP contribution in [-0.2, 0) is 9.53 Å². The minimum Gasteiger partial charge on any atom is -0.481 e. The third-order valence-corrected chi connectivity index (χ3v) is 13.5. The molecule has 4 saturated carbocycles. The van der Waals surface area contributed by atoms with Crippen LogP contribution in [0.2, 0.25) is 0 Å². The molecule has 2 bridgehead atoms. The summed E-state index contributed by atoms with van der Waals surface area (Å²) in [7, 11) is 0. The molecule has 7 aliphatic rings. The summed E-state index contributed by atoms with van der Waals surface area (Å²) in [6.07, 6.45) is 12.3.